The summed E-state index contributed by atoms with van der Waals surface area (Å²) in [4.78, 5) is 32.0. The SMILES string of the molecule is CC(C)CCN(CC(=O)N1CCc2sccc2[C@@H]1COc1ccc(Cl)cc1)C(=O)c1cccc(Br)c1. The van der Waals surface area contributed by atoms with Crippen LogP contribution in [0.2, 0.25) is 5.02 Å². The maximum absolute atomic E-state index is 13.7. The van der Waals surface area contributed by atoms with E-state index in [1.54, 1.807) is 40.5 Å². The first kappa shape index (κ1) is 26.7. The summed E-state index contributed by atoms with van der Waals surface area (Å²) in [5, 5.41) is 2.72. The molecule has 8 heteroatoms. The van der Waals surface area contributed by atoms with E-state index in [0.29, 0.717) is 41.9 Å². The van der Waals surface area contributed by atoms with Gasteiger partial charge < -0.3 is 14.5 Å². The number of benzene rings is 2. The molecular formula is C28H30BrClN2O3S. The van der Waals surface area contributed by atoms with Crippen LogP contribution in [0.1, 0.15) is 47.1 Å². The summed E-state index contributed by atoms with van der Waals surface area (Å²) in [6, 6.07) is 16.4. The fraction of sp³-hybridized carbons (Fsp3) is 0.357. The van der Waals surface area contributed by atoms with Crippen LogP contribution in [0.5, 0.6) is 5.75 Å². The molecule has 0 fully saturated rings. The summed E-state index contributed by atoms with van der Waals surface area (Å²) in [5.74, 6) is 0.926. The lowest BCUT2D eigenvalue weighted by Gasteiger charge is -2.37. The third kappa shape index (κ3) is 6.69. The van der Waals surface area contributed by atoms with Gasteiger partial charge in [0.05, 0.1) is 6.04 Å². The number of rotatable bonds is 9. The van der Waals surface area contributed by atoms with E-state index in [2.05, 4.69) is 41.2 Å². The molecule has 1 aromatic heterocycles. The number of halogens is 2. The molecule has 2 amide bonds. The first-order chi connectivity index (χ1) is 17.3. The van der Waals surface area contributed by atoms with Gasteiger partial charge in [0.2, 0.25) is 5.91 Å². The Balaban J connectivity index is 1.53. The van der Waals surface area contributed by atoms with Crippen molar-refractivity contribution in [3.8, 4) is 5.75 Å². The summed E-state index contributed by atoms with van der Waals surface area (Å²) in [6.07, 6.45) is 1.63. The van der Waals surface area contributed by atoms with Crippen molar-refractivity contribution in [2.75, 3.05) is 26.2 Å². The van der Waals surface area contributed by atoms with Crippen LogP contribution >= 0.6 is 38.9 Å². The molecule has 0 aliphatic carbocycles. The van der Waals surface area contributed by atoms with Crippen molar-refractivity contribution in [1.29, 1.82) is 0 Å². The monoisotopic (exact) mass is 588 g/mol. The van der Waals surface area contributed by atoms with Gasteiger partial charge in [-0.15, -0.1) is 11.3 Å². The average Bonchev–Trinajstić information content (AvgIpc) is 3.34. The van der Waals surface area contributed by atoms with E-state index in [9.17, 15) is 9.59 Å². The van der Waals surface area contributed by atoms with Crippen LogP contribution in [-0.2, 0) is 11.2 Å². The minimum Gasteiger partial charge on any atom is -0.491 e. The minimum atomic E-state index is -0.212. The zero-order valence-corrected chi connectivity index (χ0v) is 23.6. The Morgan fingerprint density at radius 3 is 2.69 bits per heavy atom. The number of thiophene rings is 1. The number of fused-ring (bicyclic) bond motifs is 1. The van der Waals surface area contributed by atoms with Crippen molar-refractivity contribution >= 4 is 50.7 Å². The van der Waals surface area contributed by atoms with Crippen molar-refractivity contribution in [3.05, 3.63) is 85.5 Å². The highest BCUT2D eigenvalue weighted by atomic mass is 79.9. The molecule has 1 atom stereocenters. The lowest BCUT2D eigenvalue weighted by Crippen LogP contribution is -2.48. The molecule has 1 aliphatic heterocycles. The van der Waals surface area contributed by atoms with Gasteiger partial charge in [0, 0.05) is 33.0 Å². The largest absolute Gasteiger partial charge is 0.491 e. The third-order valence-electron chi connectivity index (χ3n) is 6.30. The number of hydrogen-bond donors (Lipinski definition) is 0. The van der Waals surface area contributed by atoms with Gasteiger partial charge >= 0.3 is 0 Å². The van der Waals surface area contributed by atoms with Gasteiger partial charge in [-0.3, -0.25) is 9.59 Å². The maximum Gasteiger partial charge on any atom is 0.254 e. The normalized spacial score (nSPS) is 15.0. The van der Waals surface area contributed by atoms with Gasteiger partial charge in [-0.05, 0) is 78.2 Å². The van der Waals surface area contributed by atoms with Crippen LogP contribution in [0, 0.1) is 5.92 Å². The summed E-state index contributed by atoms with van der Waals surface area (Å²) >= 11 is 11.2. The Labute approximate surface area is 230 Å². The van der Waals surface area contributed by atoms with Crippen LogP contribution < -0.4 is 4.74 Å². The first-order valence-electron chi connectivity index (χ1n) is 12.1. The lowest BCUT2D eigenvalue weighted by molar-refractivity contribution is -0.135. The highest BCUT2D eigenvalue weighted by molar-refractivity contribution is 9.10. The predicted molar refractivity (Wildman–Crippen MR) is 149 cm³/mol. The number of carbonyl (C=O) groups excluding carboxylic acids is 2. The Kier molecular flexibility index (Phi) is 9.09. The van der Waals surface area contributed by atoms with E-state index >= 15 is 0 Å². The van der Waals surface area contributed by atoms with Gasteiger partial charge in [0.1, 0.15) is 18.9 Å². The second-order valence-electron chi connectivity index (χ2n) is 9.34. The molecule has 3 aromatic rings. The smallest absolute Gasteiger partial charge is 0.254 e. The highest BCUT2D eigenvalue weighted by Gasteiger charge is 2.33. The van der Waals surface area contributed by atoms with Gasteiger partial charge in [-0.2, -0.15) is 0 Å². The number of amides is 2. The number of ether oxygens (including phenoxy) is 1. The van der Waals surface area contributed by atoms with E-state index in [1.807, 2.05) is 29.2 Å². The molecule has 0 N–H and O–H groups in total. The maximum atomic E-state index is 13.7. The predicted octanol–water partition coefficient (Wildman–Crippen LogP) is 6.86. The van der Waals surface area contributed by atoms with Crippen molar-refractivity contribution in [2.45, 2.75) is 32.7 Å². The Bertz CT molecular complexity index is 1200. The van der Waals surface area contributed by atoms with Crippen molar-refractivity contribution in [1.82, 2.24) is 9.80 Å². The van der Waals surface area contributed by atoms with Crippen LogP contribution in [0.4, 0.5) is 0 Å². The first-order valence-corrected chi connectivity index (χ1v) is 14.2. The molecule has 36 heavy (non-hydrogen) atoms. The molecule has 0 saturated carbocycles. The molecule has 190 valence electrons. The zero-order valence-electron chi connectivity index (χ0n) is 20.5. The zero-order chi connectivity index (χ0) is 25.7. The van der Waals surface area contributed by atoms with Gasteiger partial charge in [0.25, 0.3) is 5.91 Å². The van der Waals surface area contributed by atoms with E-state index < -0.39 is 0 Å². The second-order valence-corrected chi connectivity index (χ2v) is 11.7. The molecule has 4 rings (SSSR count). The van der Waals surface area contributed by atoms with Crippen molar-refractivity contribution < 1.29 is 14.3 Å². The Morgan fingerprint density at radius 2 is 1.97 bits per heavy atom. The number of nitrogens with zero attached hydrogens (tertiary/aromatic N) is 2. The lowest BCUT2D eigenvalue weighted by atomic mass is 10.00. The van der Waals surface area contributed by atoms with Gasteiger partial charge in [-0.25, -0.2) is 0 Å². The van der Waals surface area contributed by atoms with Gasteiger partial charge in [0.15, 0.2) is 0 Å². The standard InChI is InChI=1S/C28H30BrClN2O3S/c1-19(2)10-13-31(28(34)20-4-3-5-21(29)16-20)17-27(33)32-14-11-26-24(12-15-36-26)25(32)18-35-23-8-6-22(30)7-9-23/h3-9,12,15-16,19,25H,10-11,13-14,17-18H2,1-2H3/t25-/m0/s1. The molecular weight excluding hydrogens is 560 g/mol. The molecule has 0 spiro atoms. The van der Waals surface area contributed by atoms with Crippen LogP contribution in [0.25, 0.3) is 0 Å². The molecule has 0 bridgehead atoms. The van der Waals surface area contributed by atoms with Crippen LogP contribution in [-0.4, -0.2) is 47.9 Å². The average molecular weight is 590 g/mol. The van der Waals surface area contributed by atoms with E-state index in [1.165, 1.54) is 4.88 Å². The Morgan fingerprint density at radius 1 is 1.19 bits per heavy atom. The van der Waals surface area contributed by atoms with Crippen molar-refractivity contribution in [2.24, 2.45) is 5.92 Å². The molecule has 5 nitrogen and oxygen atoms in total. The van der Waals surface area contributed by atoms with Crippen LogP contribution in [0.3, 0.4) is 0 Å². The summed E-state index contributed by atoms with van der Waals surface area (Å²) < 4.78 is 6.92. The molecule has 2 heterocycles. The van der Waals surface area contributed by atoms with Crippen LogP contribution in [0.15, 0.2) is 64.5 Å². The third-order valence-corrected chi connectivity index (χ3v) is 8.04. The molecule has 0 radical (unpaired) electrons. The Hall–Kier alpha value is -2.35. The minimum absolute atomic E-state index is 0.0367. The summed E-state index contributed by atoms with van der Waals surface area (Å²) in [6.45, 7) is 5.74. The molecule has 1 aliphatic rings. The van der Waals surface area contributed by atoms with E-state index in [0.717, 1.165) is 22.9 Å². The topological polar surface area (TPSA) is 49.9 Å². The quantitative estimate of drug-likeness (QED) is 0.274. The van der Waals surface area contributed by atoms with Gasteiger partial charge in [-0.1, -0.05) is 47.4 Å². The summed E-state index contributed by atoms with van der Waals surface area (Å²) in [7, 11) is 0. The summed E-state index contributed by atoms with van der Waals surface area (Å²) in [5.41, 5.74) is 1.70. The fourth-order valence-electron chi connectivity index (χ4n) is 4.31. The fourth-order valence-corrected chi connectivity index (χ4v) is 5.76. The molecule has 0 saturated heterocycles. The number of carbonyl (C=O) groups is 2. The van der Waals surface area contributed by atoms with Crippen molar-refractivity contribution in [3.63, 3.8) is 0 Å². The molecule has 0 unspecified atom stereocenters. The van der Waals surface area contributed by atoms with E-state index in [-0.39, 0.29) is 24.4 Å². The highest BCUT2D eigenvalue weighted by Crippen LogP contribution is 2.34. The second kappa shape index (κ2) is 12.3. The molecule has 2 aromatic carbocycles. The van der Waals surface area contributed by atoms with E-state index in [4.69, 9.17) is 16.3 Å². The number of hydrogen-bond acceptors (Lipinski definition) is 4.